The molecule has 0 unspecified atom stereocenters. The second kappa shape index (κ2) is 5.66. The Balaban J connectivity index is 2.32. The van der Waals surface area contributed by atoms with Crippen molar-refractivity contribution in [1.82, 2.24) is 5.32 Å². The first-order valence-corrected chi connectivity index (χ1v) is 6.68. The minimum atomic E-state index is 0.406. The highest BCUT2D eigenvalue weighted by Gasteiger charge is 2.18. The lowest BCUT2D eigenvalue weighted by atomic mass is 9.83. The Hall–Kier alpha value is -0.340. The van der Waals surface area contributed by atoms with Gasteiger partial charge in [-0.3, -0.25) is 0 Å². The van der Waals surface area contributed by atoms with Crippen molar-refractivity contribution in [2.45, 2.75) is 46.6 Å². The fourth-order valence-corrected chi connectivity index (χ4v) is 2.40. The molecule has 0 aliphatic heterocycles. The largest absolute Gasteiger partial charge is 0.315 e. The molecule has 0 atom stereocenters. The maximum absolute atomic E-state index is 3.48. The van der Waals surface area contributed by atoms with Crippen LogP contribution in [0.2, 0.25) is 0 Å². The van der Waals surface area contributed by atoms with E-state index < -0.39 is 0 Å². The van der Waals surface area contributed by atoms with Crippen LogP contribution in [-0.2, 0) is 6.42 Å². The van der Waals surface area contributed by atoms with Gasteiger partial charge in [-0.05, 0) is 47.2 Å². The van der Waals surface area contributed by atoms with E-state index in [0.29, 0.717) is 11.5 Å². The van der Waals surface area contributed by atoms with Gasteiger partial charge in [-0.15, -0.1) is 0 Å². The topological polar surface area (TPSA) is 12.0 Å². The molecule has 2 heteroatoms. The maximum Gasteiger partial charge on any atom is 0.00103 e. The summed E-state index contributed by atoms with van der Waals surface area (Å²) in [6.07, 6.45) is 2.43. The summed E-state index contributed by atoms with van der Waals surface area (Å²) >= 11 is 1.79. The van der Waals surface area contributed by atoms with Gasteiger partial charge in [-0.25, -0.2) is 0 Å². The van der Waals surface area contributed by atoms with Crippen molar-refractivity contribution in [1.29, 1.82) is 0 Å². The zero-order chi connectivity index (χ0) is 11.3. The van der Waals surface area contributed by atoms with Gasteiger partial charge in [0, 0.05) is 6.04 Å². The Bertz CT molecular complexity index is 262. The number of hydrogen-bond acceptors (Lipinski definition) is 2. The number of hydrogen-bond donors (Lipinski definition) is 1. The molecule has 1 aromatic heterocycles. The standard InChI is InChI=1S/C13H23NS/c1-11(2)14-7-6-13(3,4)9-12-5-8-15-10-12/h5,8,10-11,14H,6-7,9H2,1-4H3. The molecule has 0 aromatic carbocycles. The summed E-state index contributed by atoms with van der Waals surface area (Å²) in [6.45, 7) is 10.2. The molecule has 0 amide bonds. The molecular formula is C13H23NS. The molecule has 1 rings (SSSR count). The van der Waals surface area contributed by atoms with Gasteiger partial charge in [0.2, 0.25) is 0 Å². The van der Waals surface area contributed by atoms with Crippen LogP contribution in [0.4, 0.5) is 0 Å². The molecule has 0 saturated carbocycles. The van der Waals surface area contributed by atoms with E-state index >= 15 is 0 Å². The van der Waals surface area contributed by atoms with E-state index in [1.165, 1.54) is 18.4 Å². The third-order valence-corrected chi connectivity index (χ3v) is 3.35. The summed E-state index contributed by atoms with van der Waals surface area (Å²) in [7, 11) is 0. The Morgan fingerprint density at radius 3 is 2.67 bits per heavy atom. The van der Waals surface area contributed by atoms with Gasteiger partial charge in [-0.2, -0.15) is 11.3 Å². The molecule has 1 aromatic rings. The van der Waals surface area contributed by atoms with Gasteiger partial charge in [0.25, 0.3) is 0 Å². The summed E-state index contributed by atoms with van der Waals surface area (Å²) in [5.74, 6) is 0. The van der Waals surface area contributed by atoms with Gasteiger partial charge in [0.05, 0.1) is 0 Å². The quantitative estimate of drug-likeness (QED) is 0.778. The van der Waals surface area contributed by atoms with Crippen LogP contribution in [0.5, 0.6) is 0 Å². The number of nitrogens with one attached hydrogen (secondary N) is 1. The Morgan fingerprint density at radius 2 is 2.13 bits per heavy atom. The minimum Gasteiger partial charge on any atom is -0.315 e. The predicted molar refractivity (Wildman–Crippen MR) is 69.6 cm³/mol. The summed E-state index contributed by atoms with van der Waals surface area (Å²) in [4.78, 5) is 0. The Labute approximate surface area is 97.9 Å². The molecule has 1 heterocycles. The van der Waals surface area contributed by atoms with Crippen LogP contribution in [0.25, 0.3) is 0 Å². The van der Waals surface area contributed by atoms with E-state index in [-0.39, 0.29) is 0 Å². The van der Waals surface area contributed by atoms with Crippen molar-refractivity contribution in [2.24, 2.45) is 5.41 Å². The monoisotopic (exact) mass is 225 g/mol. The molecule has 15 heavy (non-hydrogen) atoms. The average Bonchev–Trinajstić information content (AvgIpc) is 2.54. The van der Waals surface area contributed by atoms with E-state index in [1.54, 1.807) is 11.3 Å². The van der Waals surface area contributed by atoms with Crippen LogP contribution in [0, 0.1) is 5.41 Å². The summed E-state index contributed by atoms with van der Waals surface area (Å²) in [5, 5.41) is 7.91. The Morgan fingerprint density at radius 1 is 1.40 bits per heavy atom. The highest BCUT2D eigenvalue weighted by atomic mass is 32.1. The zero-order valence-electron chi connectivity index (χ0n) is 10.3. The fraction of sp³-hybridized carbons (Fsp3) is 0.692. The van der Waals surface area contributed by atoms with Crippen molar-refractivity contribution >= 4 is 11.3 Å². The normalized spacial score (nSPS) is 12.3. The molecule has 0 saturated heterocycles. The predicted octanol–water partition coefficient (Wildman–Crippen LogP) is 3.70. The van der Waals surface area contributed by atoms with Crippen LogP contribution in [-0.4, -0.2) is 12.6 Å². The van der Waals surface area contributed by atoms with Crippen molar-refractivity contribution in [2.75, 3.05) is 6.54 Å². The van der Waals surface area contributed by atoms with Crippen LogP contribution in [0.1, 0.15) is 39.7 Å². The van der Waals surface area contributed by atoms with E-state index in [9.17, 15) is 0 Å². The molecule has 1 N–H and O–H groups in total. The van der Waals surface area contributed by atoms with E-state index in [0.717, 1.165) is 6.54 Å². The van der Waals surface area contributed by atoms with Crippen LogP contribution in [0.15, 0.2) is 16.8 Å². The molecular weight excluding hydrogens is 202 g/mol. The minimum absolute atomic E-state index is 0.406. The Kier molecular flexibility index (Phi) is 4.81. The maximum atomic E-state index is 3.48. The lowest BCUT2D eigenvalue weighted by Gasteiger charge is -2.25. The summed E-state index contributed by atoms with van der Waals surface area (Å²) in [5.41, 5.74) is 1.89. The molecule has 86 valence electrons. The zero-order valence-corrected chi connectivity index (χ0v) is 11.2. The fourth-order valence-electron chi connectivity index (χ4n) is 1.73. The second-order valence-corrected chi connectivity index (χ2v) is 6.11. The third kappa shape index (κ3) is 5.33. The van der Waals surface area contributed by atoms with Gasteiger partial charge >= 0.3 is 0 Å². The van der Waals surface area contributed by atoms with Gasteiger partial charge < -0.3 is 5.32 Å². The van der Waals surface area contributed by atoms with Crippen molar-refractivity contribution in [3.63, 3.8) is 0 Å². The number of thiophene rings is 1. The summed E-state index contributed by atoms with van der Waals surface area (Å²) in [6, 6.07) is 2.84. The summed E-state index contributed by atoms with van der Waals surface area (Å²) < 4.78 is 0. The SMILES string of the molecule is CC(C)NCCC(C)(C)Cc1ccsc1. The highest BCUT2D eigenvalue weighted by Crippen LogP contribution is 2.26. The van der Waals surface area contributed by atoms with E-state index in [4.69, 9.17) is 0 Å². The third-order valence-electron chi connectivity index (χ3n) is 2.62. The van der Waals surface area contributed by atoms with Crippen molar-refractivity contribution < 1.29 is 0 Å². The molecule has 0 fully saturated rings. The van der Waals surface area contributed by atoms with Crippen LogP contribution in [0.3, 0.4) is 0 Å². The molecule has 0 spiro atoms. The first-order valence-electron chi connectivity index (χ1n) is 5.74. The van der Waals surface area contributed by atoms with Gasteiger partial charge in [0.15, 0.2) is 0 Å². The molecule has 0 aliphatic carbocycles. The first kappa shape index (κ1) is 12.7. The lowest BCUT2D eigenvalue weighted by Crippen LogP contribution is -2.28. The van der Waals surface area contributed by atoms with E-state index in [2.05, 4.69) is 49.8 Å². The molecule has 0 radical (unpaired) electrons. The molecule has 0 bridgehead atoms. The van der Waals surface area contributed by atoms with Crippen LogP contribution >= 0.6 is 11.3 Å². The number of rotatable bonds is 6. The van der Waals surface area contributed by atoms with Gasteiger partial charge in [0.1, 0.15) is 0 Å². The van der Waals surface area contributed by atoms with E-state index in [1.807, 2.05) is 0 Å². The second-order valence-electron chi connectivity index (χ2n) is 5.33. The highest BCUT2D eigenvalue weighted by molar-refractivity contribution is 7.07. The van der Waals surface area contributed by atoms with Crippen molar-refractivity contribution in [3.05, 3.63) is 22.4 Å². The van der Waals surface area contributed by atoms with Gasteiger partial charge in [-0.1, -0.05) is 27.7 Å². The first-order chi connectivity index (χ1) is 6.99. The lowest BCUT2D eigenvalue weighted by molar-refractivity contribution is 0.321. The molecule has 0 aliphatic rings. The smallest absolute Gasteiger partial charge is 0.00103 e. The average molecular weight is 225 g/mol. The van der Waals surface area contributed by atoms with Crippen LogP contribution < -0.4 is 5.32 Å². The van der Waals surface area contributed by atoms with Crippen molar-refractivity contribution in [3.8, 4) is 0 Å². The molecule has 1 nitrogen and oxygen atoms in total.